The molecule has 0 fully saturated rings. The van der Waals surface area contributed by atoms with Gasteiger partial charge in [0, 0.05) is 37.3 Å². The van der Waals surface area contributed by atoms with Gasteiger partial charge in [0.15, 0.2) is 5.78 Å². The smallest absolute Gasteiger partial charge is 0.224 e. The van der Waals surface area contributed by atoms with Crippen LogP contribution in [0.3, 0.4) is 0 Å². The average molecular weight is 385 g/mol. The molecule has 0 saturated heterocycles. The molecule has 29 heavy (non-hydrogen) atoms. The molecule has 3 aromatic carbocycles. The molecule has 4 nitrogen and oxygen atoms in total. The van der Waals surface area contributed by atoms with E-state index in [0.29, 0.717) is 18.7 Å². The molecule has 0 bridgehead atoms. The SMILES string of the molecule is CC(=O)C(=O)C=C(O)c1cccc(N(Cc2ccccc2)Cc2ccccc2)c1. The van der Waals surface area contributed by atoms with E-state index in [9.17, 15) is 14.7 Å². The monoisotopic (exact) mass is 385 g/mol. The summed E-state index contributed by atoms with van der Waals surface area (Å²) >= 11 is 0. The zero-order chi connectivity index (χ0) is 20.6. The second kappa shape index (κ2) is 9.51. The summed E-state index contributed by atoms with van der Waals surface area (Å²) in [6.07, 6.45) is 0.972. The fourth-order valence-electron chi connectivity index (χ4n) is 3.02. The number of hydrogen-bond acceptors (Lipinski definition) is 4. The topological polar surface area (TPSA) is 57.6 Å². The number of carbonyl (C=O) groups excluding carboxylic acids is 2. The molecule has 0 aliphatic rings. The summed E-state index contributed by atoms with van der Waals surface area (Å²) in [4.78, 5) is 25.0. The van der Waals surface area contributed by atoms with Gasteiger partial charge in [-0.2, -0.15) is 0 Å². The minimum absolute atomic E-state index is 0.216. The number of benzene rings is 3. The van der Waals surface area contributed by atoms with Crippen molar-refractivity contribution in [1.29, 1.82) is 0 Å². The lowest BCUT2D eigenvalue weighted by atomic mass is 10.1. The van der Waals surface area contributed by atoms with E-state index < -0.39 is 11.6 Å². The van der Waals surface area contributed by atoms with Gasteiger partial charge in [0.05, 0.1) is 0 Å². The van der Waals surface area contributed by atoms with E-state index in [0.717, 1.165) is 11.8 Å². The second-order valence-electron chi connectivity index (χ2n) is 6.83. The van der Waals surface area contributed by atoms with E-state index >= 15 is 0 Å². The third-order valence-corrected chi connectivity index (χ3v) is 4.55. The van der Waals surface area contributed by atoms with Crippen LogP contribution in [-0.4, -0.2) is 16.7 Å². The maximum Gasteiger partial charge on any atom is 0.224 e. The zero-order valence-corrected chi connectivity index (χ0v) is 16.3. The van der Waals surface area contributed by atoms with Gasteiger partial charge in [-0.05, 0) is 23.3 Å². The fourth-order valence-corrected chi connectivity index (χ4v) is 3.02. The summed E-state index contributed by atoms with van der Waals surface area (Å²) in [6, 6.07) is 27.6. The van der Waals surface area contributed by atoms with Crippen LogP contribution >= 0.6 is 0 Å². The van der Waals surface area contributed by atoms with Crippen molar-refractivity contribution in [2.24, 2.45) is 0 Å². The van der Waals surface area contributed by atoms with Crippen LogP contribution in [0.5, 0.6) is 0 Å². The predicted octanol–water partition coefficient (Wildman–Crippen LogP) is 4.95. The first-order chi connectivity index (χ1) is 14.0. The summed E-state index contributed by atoms with van der Waals surface area (Å²) < 4.78 is 0. The molecule has 0 aliphatic carbocycles. The molecule has 0 amide bonds. The van der Waals surface area contributed by atoms with Crippen molar-refractivity contribution in [1.82, 2.24) is 0 Å². The quantitative estimate of drug-likeness (QED) is 0.339. The molecule has 4 heteroatoms. The second-order valence-corrected chi connectivity index (χ2v) is 6.83. The van der Waals surface area contributed by atoms with Gasteiger partial charge >= 0.3 is 0 Å². The van der Waals surface area contributed by atoms with E-state index in [1.165, 1.54) is 18.1 Å². The largest absolute Gasteiger partial charge is 0.507 e. The number of Topliss-reactive ketones (excluding diaryl/α,β-unsaturated/α-hetero) is 1. The van der Waals surface area contributed by atoms with Crippen molar-refractivity contribution in [2.45, 2.75) is 20.0 Å². The summed E-state index contributed by atoms with van der Waals surface area (Å²) in [5.74, 6) is -1.55. The lowest BCUT2D eigenvalue weighted by molar-refractivity contribution is -0.132. The van der Waals surface area contributed by atoms with Gasteiger partial charge in [0.25, 0.3) is 0 Å². The number of carbonyl (C=O) groups is 2. The van der Waals surface area contributed by atoms with Gasteiger partial charge < -0.3 is 10.0 Å². The number of allylic oxidation sites excluding steroid dienone is 1. The summed E-state index contributed by atoms with van der Waals surface area (Å²) in [6.45, 7) is 2.57. The van der Waals surface area contributed by atoms with Crippen molar-refractivity contribution in [3.63, 3.8) is 0 Å². The van der Waals surface area contributed by atoms with E-state index in [2.05, 4.69) is 29.2 Å². The van der Waals surface area contributed by atoms with Gasteiger partial charge in [-0.1, -0.05) is 72.8 Å². The number of anilines is 1. The molecule has 0 unspecified atom stereocenters. The van der Waals surface area contributed by atoms with E-state index in [-0.39, 0.29) is 5.76 Å². The van der Waals surface area contributed by atoms with Crippen molar-refractivity contribution in [2.75, 3.05) is 4.90 Å². The number of hydrogen-bond donors (Lipinski definition) is 1. The van der Waals surface area contributed by atoms with Crippen LogP contribution in [0.25, 0.3) is 5.76 Å². The van der Waals surface area contributed by atoms with Crippen LogP contribution in [0, 0.1) is 0 Å². The number of aliphatic hydroxyl groups is 1. The normalized spacial score (nSPS) is 11.1. The van der Waals surface area contributed by atoms with Gasteiger partial charge in [-0.15, -0.1) is 0 Å². The number of nitrogens with zero attached hydrogens (tertiary/aromatic N) is 1. The van der Waals surface area contributed by atoms with Gasteiger partial charge in [0.1, 0.15) is 5.76 Å². The first-order valence-electron chi connectivity index (χ1n) is 9.42. The zero-order valence-electron chi connectivity index (χ0n) is 16.3. The highest BCUT2D eigenvalue weighted by molar-refractivity contribution is 6.41. The first-order valence-corrected chi connectivity index (χ1v) is 9.42. The Morgan fingerprint density at radius 3 is 1.90 bits per heavy atom. The minimum Gasteiger partial charge on any atom is -0.507 e. The Bertz CT molecular complexity index is 969. The minimum atomic E-state index is -0.724. The maximum absolute atomic E-state index is 11.6. The van der Waals surface area contributed by atoms with Crippen LogP contribution in [0.4, 0.5) is 5.69 Å². The van der Waals surface area contributed by atoms with Gasteiger partial charge in [0.2, 0.25) is 5.78 Å². The van der Waals surface area contributed by atoms with Gasteiger partial charge in [-0.25, -0.2) is 0 Å². The average Bonchev–Trinajstić information content (AvgIpc) is 2.74. The first kappa shape index (κ1) is 20.1. The number of aliphatic hydroxyl groups excluding tert-OH is 1. The molecule has 0 aromatic heterocycles. The van der Waals surface area contributed by atoms with Crippen LogP contribution < -0.4 is 4.90 Å². The Hall–Kier alpha value is -3.66. The summed E-state index contributed by atoms with van der Waals surface area (Å²) in [5, 5.41) is 10.3. The Balaban J connectivity index is 1.92. The standard InChI is InChI=1S/C25H23NO3/c1-19(27)24(28)16-25(29)22-13-8-14-23(15-22)26(17-20-9-4-2-5-10-20)18-21-11-6-3-7-12-21/h2-16,29H,17-18H2,1H3. The van der Waals surface area contributed by atoms with Crippen LogP contribution in [0.2, 0.25) is 0 Å². The van der Waals surface area contributed by atoms with Crippen molar-refractivity contribution < 1.29 is 14.7 Å². The number of rotatable bonds is 8. The Morgan fingerprint density at radius 1 is 0.828 bits per heavy atom. The molecule has 0 aliphatic heterocycles. The molecular formula is C25H23NO3. The molecule has 3 rings (SSSR count). The molecule has 146 valence electrons. The molecule has 1 N–H and O–H groups in total. The molecule has 0 spiro atoms. The van der Waals surface area contributed by atoms with E-state index in [4.69, 9.17) is 0 Å². The number of ketones is 2. The summed E-state index contributed by atoms with van der Waals surface area (Å²) in [7, 11) is 0. The Kier molecular flexibility index (Phi) is 6.59. The third-order valence-electron chi connectivity index (χ3n) is 4.55. The highest BCUT2D eigenvalue weighted by Gasteiger charge is 2.12. The maximum atomic E-state index is 11.6. The third kappa shape index (κ3) is 5.66. The lowest BCUT2D eigenvalue weighted by Gasteiger charge is -2.26. The molecule has 0 radical (unpaired) electrons. The molecule has 3 aromatic rings. The Labute approximate surface area is 170 Å². The molecule has 0 saturated carbocycles. The van der Waals surface area contributed by atoms with Crippen molar-refractivity contribution >= 4 is 23.0 Å². The Morgan fingerprint density at radius 2 is 1.38 bits per heavy atom. The van der Waals surface area contributed by atoms with Crippen LogP contribution in [-0.2, 0) is 22.7 Å². The molecule has 0 heterocycles. The highest BCUT2D eigenvalue weighted by Crippen LogP contribution is 2.24. The molecular weight excluding hydrogens is 362 g/mol. The lowest BCUT2D eigenvalue weighted by Crippen LogP contribution is -2.22. The van der Waals surface area contributed by atoms with Gasteiger partial charge in [-0.3, -0.25) is 9.59 Å². The van der Waals surface area contributed by atoms with E-state index in [1.54, 1.807) is 6.07 Å². The fraction of sp³-hybridized carbons (Fsp3) is 0.120. The van der Waals surface area contributed by atoms with Crippen molar-refractivity contribution in [3.05, 3.63) is 108 Å². The molecule has 0 atom stereocenters. The predicted molar refractivity (Wildman–Crippen MR) is 116 cm³/mol. The summed E-state index contributed by atoms with van der Waals surface area (Å²) in [5.41, 5.74) is 3.73. The van der Waals surface area contributed by atoms with Crippen molar-refractivity contribution in [3.8, 4) is 0 Å². The highest BCUT2D eigenvalue weighted by atomic mass is 16.3. The van der Waals surface area contributed by atoms with Crippen LogP contribution in [0.15, 0.2) is 91.0 Å². The van der Waals surface area contributed by atoms with Crippen LogP contribution in [0.1, 0.15) is 23.6 Å². The van der Waals surface area contributed by atoms with E-state index in [1.807, 2.05) is 54.6 Å².